The zero-order chi connectivity index (χ0) is 14.5. The Balaban J connectivity index is 2.02. The number of hydrogen-bond donors (Lipinski definition) is 2. The van der Waals surface area contributed by atoms with Gasteiger partial charge in [0, 0.05) is 24.5 Å². The molecule has 0 aliphatic heterocycles. The van der Waals surface area contributed by atoms with Crippen molar-refractivity contribution in [2.75, 3.05) is 13.2 Å². The molecule has 20 heavy (non-hydrogen) atoms. The number of hydrogen-bond acceptors (Lipinski definition) is 5. The highest BCUT2D eigenvalue weighted by molar-refractivity contribution is 5.90. The number of carbonyl (C=O) groups is 1. The van der Waals surface area contributed by atoms with E-state index in [0.29, 0.717) is 12.3 Å². The molecule has 0 unspecified atom stereocenters. The molecule has 1 amide bonds. The molecule has 0 fully saturated rings. The van der Waals surface area contributed by atoms with E-state index in [-0.39, 0.29) is 18.3 Å². The summed E-state index contributed by atoms with van der Waals surface area (Å²) in [6.45, 7) is 4.52. The number of nitrogens with zero attached hydrogens (tertiary/aromatic N) is 4. The van der Waals surface area contributed by atoms with Crippen molar-refractivity contribution in [3.63, 3.8) is 0 Å². The van der Waals surface area contributed by atoms with E-state index in [9.17, 15) is 4.79 Å². The summed E-state index contributed by atoms with van der Waals surface area (Å²) in [4.78, 5) is 20.3. The largest absolute Gasteiger partial charge is 0.396 e. The zero-order valence-electron chi connectivity index (χ0n) is 11.8. The minimum atomic E-state index is -0.295. The fourth-order valence-electron chi connectivity index (χ4n) is 1.96. The van der Waals surface area contributed by atoms with Gasteiger partial charge < -0.3 is 10.4 Å². The average Bonchev–Trinajstić information content (AvgIpc) is 2.82. The van der Waals surface area contributed by atoms with Crippen molar-refractivity contribution >= 4 is 11.7 Å². The first-order valence-electron chi connectivity index (χ1n) is 6.72. The van der Waals surface area contributed by atoms with Crippen LogP contribution >= 0.6 is 0 Å². The van der Waals surface area contributed by atoms with Crippen molar-refractivity contribution in [1.82, 2.24) is 24.9 Å². The van der Waals surface area contributed by atoms with Crippen LogP contribution in [0.5, 0.6) is 0 Å². The van der Waals surface area contributed by atoms with E-state index in [2.05, 4.69) is 20.4 Å². The number of unbranched alkanes of at least 4 members (excludes halogenated alkanes) is 2. The topological polar surface area (TPSA) is 92.4 Å². The first kappa shape index (κ1) is 14.4. The minimum Gasteiger partial charge on any atom is -0.396 e. The predicted octanol–water partition coefficient (Wildman–Crippen LogP) is 0.634. The number of fused-ring (bicyclic) bond motifs is 1. The van der Waals surface area contributed by atoms with Gasteiger partial charge in [-0.1, -0.05) is 0 Å². The van der Waals surface area contributed by atoms with Gasteiger partial charge in [-0.25, -0.2) is 9.50 Å². The zero-order valence-corrected chi connectivity index (χ0v) is 11.8. The van der Waals surface area contributed by atoms with E-state index in [4.69, 9.17) is 5.11 Å². The molecule has 2 heterocycles. The number of aliphatic hydroxyl groups is 1. The summed E-state index contributed by atoms with van der Waals surface area (Å²) in [5, 5.41) is 15.6. The van der Waals surface area contributed by atoms with Gasteiger partial charge in [-0.3, -0.25) is 4.79 Å². The maximum absolute atomic E-state index is 11.9. The first-order chi connectivity index (χ1) is 9.61. The van der Waals surface area contributed by atoms with Gasteiger partial charge in [-0.05, 0) is 39.2 Å². The molecule has 0 saturated heterocycles. The van der Waals surface area contributed by atoms with E-state index < -0.39 is 0 Å². The summed E-state index contributed by atoms with van der Waals surface area (Å²) in [6.07, 6.45) is 2.47. The van der Waals surface area contributed by atoms with Crippen molar-refractivity contribution in [2.24, 2.45) is 0 Å². The number of rotatable bonds is 6. The summed E-state index contributed by atoms with van der Waals surface area (Å²) in [5.74, 6) is 0.276. The summed E-state index contributed by atoms with van der Waals surface area (Å²) >= 11 is 0. The second-order valence-corrected chi connectivity index (χ2v) is 4.73. The van der Waals surface area contributed by atoms with Crippen LogP contribution in [0.25, 0.3) is 5.78 Å². The van der Waals surface area contributed by atoms with Crippen LogP contribution in [0.1, 0.15) is 41.3 Å². The number of aromatic nitrogens is 4. The quantitative estimate of drug-likeness (QED) is 0.756. The molecule has 7 heteroatoms. The molecular weight excluding hydrogens is 258 g/mol. The van der Waals surface area contributed by atoms with Gasteiger partial charge in [0.2, 0.25) is 5.82 Å². The van der Waals surface area contributed by atoms with Crippen LogP contribution in [0.2, 0.25) is 0 Å². The number of aliphatic hydroxyl groups excluding tert-OH is 1. The summed E-state index contributed by atoms with van der Waals surface area (Å²) in [7, 11) is 0. The Kier molecular flexibility index (Phi) is 4.62. The van der Waals surface area contributed by atoms with Gasteiger partial charge in [0.25, 0.3) is 11.7 Å². The van der Waals surface area contributed by atoms with Crippen LogP contribution in [0.4, 0.5) is 0 Å². The third-order valence-electron chi connectivity index (χ3n) is 2.94. The molecule has 2 aromatic rings. The molecule has 0 spiro atoms. The Hall–Kier alpha value is -2.02. The second-order valence-electron chi connectivity index (χ2n) is 4.73. The fraction of sp³-hybridized carbons (Fsp3) is 0.538. The number of aryl methyl sites for hydroxylation is 2. The van der Waals surface area contributed by atoms with Crippen LogP contribution in [0.15, 0.2) is 6.07 Å². The smallest absolute Gasteiger partial charge is 0.291 e. The first-order valence-corrected chi connectivity index (χ1v) is 6.72. The Morgan fingerprint density at radius 1 is 1.30 bits per heavy atom. The molecule has 2 rings (SSSR count). The Morgan fingerprint density at radius 3 is 2.85 bits per heavy atom. The molecule has 0 aliphatic rings. The number of amides is 1. The SMILES string of the molecule is Cc1cc(C)n2nc(C(=O)NCCCCCO)nc2n1. The maximum atomic E-state index is 11.9. The van der Waals surface area contributed by atoms with Crippen LogP contribution in [0.3, 0.4) is 0 Å². The average molecular weight is 277 g/mol. The maximum Gasteiger partial charge on any atom is 0.291 e. The Bertz CT molecular complexity index is 608. The van der Waals surface area contributed by atoms with Gasteiger partial charge in [0.05, 0.1) is 0 Å². The van der Waals surface area contributed by atoms with Crippen LogP contribution < -0.4 is 5.32 Å². The van der Waals surface area contributed by atoms with E-state index in [1.807, 2.05) is 19.9 Å². The standard InChI is InChI=1S/C13H19N5O2/c1-9-8-10(2)18-13(15-9)16-11(17-18)12(20)14-6-4-3-5-7-19/h8,19H,3-7H2,1-2H3,(H,14,20). The molecule has 0 aliphatic carbocycles. The van der Waals surface area contributed by atoms with Crippen molar-refractivity contribution in [2.45, 2.75) is 33.1 Å². The minimum absolute atomic E-state index is 0.133. The summed E-state index contributed by atoms with van der Waals surface area (Å²) < 4.78 is 1.56. The van der Waals surface area contributed by atoms with Crippen LogP contribution in [-0.4, -0.2) is 43.7 Å². The van der Waals surface area contributed by atoms with Crippen molar-refractivity contribution in [1.29, 1.82) is 0 Å². The lowest BCUT2D eigenvalue weighted by atomic mass is 10.2. The third-order valence-corrected chi connectivity index (χ3v) is 2.94. The Labute approximate surface area is 117 Å². The number of nitrogens with one attached hydrogen (secondary N) is 1. The molecule has 2 aromatic heterocycles. The molecule has 0 atom stereocenters. The lowest BCUT2D eigenvalue weighted by Gasteiger charge is -2.01. The fourth-order valence-corrected chi connectivity index (χ4v) is 1.96. The van der Waals surface area contributed by atoms with Gasteiger partial charge in [0.1, 0.15) is 0 Å². The summed E-state index contributed by atoms with van der Waals surface area (Å²) in [6, 6.07) is 1.89. The van der Waals surface area contributed by atoms with Gasteiger partial charge >= 0.3 is 0 Å². The van der Waals surface area contributed by atoms with E-state index in [1.54, 1.807) is 4.52 Å². The highest BCUT2D eigenvalue weighted by Gasteiger charge is 2.14. The van der Waals surface area contributed by atoms with Crippen molar-refractivity contribution < 1.29 is 9.90 Å². The van der Waals surface area contributed by atoms with E-state index >= 15 is 0 Å². The molecule has 0 radical (unpaired) electrons. The molecule has 108 valence electrons. The lowest BCUT2D eigenvalue weighted by molar-refractivity contribution is 0.0942. The summed E-state index contributed by atoms with van der Waals surface area (Å²) in [5.41, 5.74) is 1.74. The van der Waals surface area contributed by atoms with E-state index in [1.165, 1.54) is 0 Å². The molecule has 0 saturated carbocycles. The van der Waals surface area contributed by atoms with Gasteiger partial charge in [-0.15, -0.1) is 5.10 Å². The lowest BCUT2D eigenvalue weighted by Crippen LogP contribution is -2.25. The number of carbonyl (C=O) groups excluding carboxylic acids is 1. The van der Waals surface area contributed by atoms with Crippen molar-refractivity contribution in [3.8, 4) is 0 Å². The van der Waals surface area contributed by atoms with Crippen molar-refractivity contribution in [3.05, 3.63) is 23.3 Å². The Morgan fingerprint density at radius 2 is 2.10 bits per heavy atom. The molecular formula is C13H19N5O2. The normalized spacial score (nSPS) is 10.9. The predicted molar refractivity (Wildman–Crippen MR) is 73.5 cm³/mol. The van der Waals surface area contributed by atoms with Gasteiger partial charge in [0.15, 0.2) is 0 Å². The van der Waals surface area contributed by atoms with Crippen LogP contribution in [0, 0.1) is 13.8 Å². The molecule has 0 aromatic carbocycles. The molecule has 7 nitrogen and oxygen atoms in total. The van der Waals surface area contributed by atoms with E-state index in [0.717, 1.165) is 30.7 Å². The highest BCUT2D eigenvalue weighted by atomic mass is 16.2. The third kappa shape index (κ3) is 3.30. The highest BCUT2D eigenvalue weighted by Crippen LogP contribution is 2.05. The molecule has 2 N–H and O–H groups in total. The molecule has 0 bridgehead atoms. The van der Waals surface area contributed by atoms with Gasteiger partial charge in [-0.2, -0.15) is 4.98 Å². The second kappa shape index (κ2) is 6.42. The monoisotopic (exact) mass is 277 g/mol. The van der Waals surface area contributed by atoms with Crippen LogP contribution in [-0.2, 0) is 0 Å².